The largest absolute Gasteiger partial charge is 0.476 e. The van der Waals surface area contributed by atoms with Crippen molar-refractivity contribution in [1.29, 1.82) is 0 Å². The summed E-state index contributed by atoms with van der Waals surface area (Å²) in [5, 5.41) is 4.07. The van der Waals surface area contributed by atoms with E-state index in [1.807, 2.05) is 35.9 Å². The number of hydrogen-bond donors (Lipinski definition) is 1. The summed E-state index contributed by atoms with van der Waals surface area (Å²) >= 11 is 1.63. The fourth-order valence-corrected chi connectivity index (χ4v) is 2.46. The van der Waals surface area contributed by atoms with Gasteiger partial charge in [0.1, 0.15) is 0 Å². The van der Waals surface area contributed by atoms with Gasteiger partial charge in [-0.05, 0) is 30.5 Å². The maximum absolute atomic E-state index is 5.66. The van der Waals surface area contributed by atoms with Crippen molar-refractivity contribution in [2.24, 2.45) is 0 Å². The average Bonchev–Trinajstić information content (AvgIpc) is 2.92. The molecule has 0 radical (unpaired) electrons. The SMILES string of the molecule is CCOc1nc(N)nc2ccc(-c3ccsc3)nc12. The van der Waals surface area contributed by atoms with Gasteiger partial charge in [-0.1, -0.05) is 0 Å². The van der Waals surface area contributed by atoms with E-state index in [1.54, 1.807) is 11.3 Å². The Morgan fingerprint density at radius 1 is 1.21 bits per heavy atom. The molecule has 0 unspecified atom stereocenters. The summed E-state index contributed by atoms with van der Waals surface area (Å²) < 4.78 is 5.48. The highest BCUT2D eigenvalue weighted by Gasteiger charge is 2.10. The number of pyridine rings is 1. The van der Waals surface area contributed by atoms with Gasteiger partial charge >= 0.3 is 0 Å². The number of hydrogen-bond acceptors (Lipinski definition) is 6. The Labute approximate surface area is 114 Å². The Morgan fingerprint density at radius 3 is 2.84 bits per heavy atom. The Kier molecular flexibility index (Phi) is 3.00. The molecule has 3 rings (SSSR count). The number of nitrogens with two attached hydrogens (primary N) is 1. The molecule has 0 aliphatic carbocycles. The van der Waals surface area contributed by atoms with E-state index >= 15 is 0 Å². The molecule has 3 aromatic heterocycles. The number of aromatic nitrogens is 3. The summed E-state index contributed by atoms with van der Waals surface area (Å²) in [7, 11) is 0. The molecule has 5 nitrogen and oxygen atoms in total. The molecular formula is C13H12N4OS. The maximum Gasteiger partial charge on any atom is 0.245 e. The molecule has 0 bridgehead atoms. The van der Waals surface area contributed by atoms with Crippen LogP contribution in [0, 0.1) is 0 Å². The zero-order valence-corrected chi connectivity index (χ0v) is 11.1. The number of ether oxygens (including phenoxy) is 1. The first-order valence-corrected chi connectivity index (χ1v) is 6.82. The van der Waals surface area contributed by atoms with Crippen molar-refractivity contribution < 1.29 is 4.74 Å². The summed E-state index contributed by atoms with van der Waals surface area (Å²) in [4.78, 5) is 12.8. The van der Waals surface area contributed by atoms with Gasteiger partial charge in [0.25, 0.3) is 0 Å². The standard InChI is InChI=1S/C13H12N4OS/c1-2-18-12-11-10(16-13(14)17-12)4-3-9(15-11)8-5-6-19-7-8/h3-7H,2H2,1H3,(H2,14,16,17). The Morgan fingerprint density at radius 2 is 2.11 bits per heavy atom. The summed E-state index contributed by atoms with van der Waals surface area (Å²) in [6, 6.07) is 5.83. The van der Waals surface area contributed by atoms with Crippen LogP contribution in [0.4, 0.5) is 5.95 Å². The topological polar surface area (TPSA) is 73.9 Å². The molecule has 0 saturated carbocycles. The Bertz CT molecular complexity index is 712. The first-order chi connectivity index (χ1) is 9.28. The predicted molar refractivity (Wildman–Crippen MR) is 76.2 cm³/mol. The molecule has 0 aliphatic rings. The third-order valence-corrected chi connectivity index (χ3v) is 3.31. The molecule has 0 saturated heterocycles. The zero-order valence-electron chi connectivity index (χ0n) is 10.3. The molecule has 2 N–H and O–H groups in total. The minimum atomic E-state index is 0.195. The number of nitrogens with zero attached hydrogens (tertiary/aromatic N) is 3. The second kappa shape index (κ2) is 4.81. The van der Waals surface area contributed by atoms with Crippen LogP contribution in [0.25, 0.3) is 22.3 Å². The van der Waals surface area contributed by atoms with E-state index in [2.05, 4.69) is 15.0 Å². The normalized spacial score (nSPS) is 10.8. The molecular weight excluding hydrogens is 260 g/mol. The molecule has 6 heteroatoms. The molecule has 19 heavy (non-hydrogen) atoms. The molecule has 0 spiro atoms. The highest BCUT2D eigenvalue weighted by molar-refractivity contribution is 7.08. The number of rotatable bonds is 3. The lowest BCUT2D eigenvalue weighted by molar-refractivity contribution is 0.330. The van der Waals surface area contributed by atoms with Crippen LogP contribution in [0.1, 0.15) is 6.92 Å². The van der Waals surface area contributed by atoms with Crippen LogP contribution >= 0.6 is 11.3 Å². The maximum atomic E-state index is 5.66. The lowest BCUT2D eigenvalue weighted by atomic mass is 10.2. The van der Waals surface area contributed by atoms with E-state index in [0.717, 1.165) is 11.3 Å². The third kappa shape index (κ3) is 2.22. The Hall–Kier alpha value is -2.21. The van der Waals surface area contributed by atoms with Gasteiger partial charge in [-0.2, -0.15) is 16.3 Å². The molecule has 0 fully saturated rings. The first kappa shape index (κ1) is 11.9. The molecule has 0 amide bonds. The number of anilines is 1. The Balaban J connectivity index is 2.20. The lowest BCUT2D eigenvalue weighted by Gasteiger charge is -2.07. The first-order valence-electron chi connectivity index (χ1n) is 5.87. The van der Waals surface area contributed by atoms with E-state index in [-0.39, 0.29) is 5.95 Å². The van der Waals surface area contributed by atoms with Crippen molar-refractivity contribution in [2.75, 3.05) is 12.3 Å². The summed E-state index contributed by atoms with van der Waals surface area (Å²) in [5.41, 5.74) is 8.94. The van der Waals surface area contributed by atoms with Gasteiger partial charge in [0.15, 0.2) is 5.52 Å². The number of nitrogen functional groups attached to an aromatic ring is 1. The van der Waals surface area contributed by atoms with Gasteiger partial charge in [-0.25, -0.2) is 9.97 Å². The van der Waals surface area contributed by atoms with Crippen LogP contribution in [-0.4, -0.2) is 21.6 Å². The number of fused-ring (bicyclic) bond motifs is 1. The highest BCUT2D eigenvalue weighted by atomic mass is 32.1. The monoisotopic (exact) mass is 272 g/mol. The van der Waals surface area contributed by atoms with E-state index in [0.29, 0.717) is 23.5 Å². The second-order valence-electron chi connectivity index (χ2n) is 3.90. The van der Waals surface area contributed by atoms with E-state index in [4.69, 9.17) is 10.5 Å². The number of thiophene rings is 1. The van der Waals surface area contributed by atoms with Crippen molar-refractivity contribution in [3.05, 3.63) is 29.0 Å². The van der Waals surface area contributed by atoms with Crippen LogP contribution in [-0.2, 0) is 0 Å². The van der Waals surface area contributed by atoms with E-state index in [1.165, 1.54) is 0 Å². The smallest absolute Gasteiger partial charge is 0.245 e. The van der Waals surface area contributed by atoms with Crippen molar-refractivity contribution in [1.82, 2.24) is 15.0 Å². The van der Waals surface area contributed by atoms with Crippen LogP contribution < -0.4 is 10.5 Å². The van der Waals surface area contributed by atoms with Crippen LogP contribution in [0.3, 0.4) is 0 Å². The van der Waals surface area contributed by atoms with Crippen molar-refractivity contribution >= 4 is 28.3 Å². The van der Waals surface area contributed by atoms with Gasteiger partial charge < -0.3 is 10.5 Å². The van der Waals surface area contributed by atoms with Crippen molar-refractivity contribution in [3.63, 3.8) is 0 Å². The third-order valence-electron chi connectivity index (χ3n) is 2.63. The zero-order chi connectivity index (χ0) is 13.2. The second-order valence-corrected chi connectivity index (χ2v) is 4.68. The van der Waals surface area contributed by atoms with Gasteiger partial charge in [0, 0.05) is 10.9 Å². The van der Waals surface area contributed by atoms with Gasteiger partial charge in [0.05, 0.1) is 17.8 Å². The molecule has 96 valence electrons. The van der Waals surface area contributed by atoms with Gasteiger partial charge in [-0.15, -0.1) is 0 Å². The lowest BCUT2D eigenvalue weighted by Crippen LogP contribution is -2.02. The van der Waals surface area contributed by atoms with Crippen molar-refractivity contribution in [2.45, 2.75) is 6.92 Å². The van der Waals surface area contributed by atoms with Crippen LogP contribution in [0.15, 0.2) is 29.0 Å². The highest BCUT2D eigenvalue weighted by Crippen LogP contribution is 2.26. The quantitative estimate of drug-likeness (QED) is 0.793. The van der Waals surface area contributed by atoms with Gasteiger partial charge in [0.2, 0.25) is 11.8 Å². The summed E-state index contributed by atoms with van der Waals surface area (Å²) in [6.07, 6.45) is 0. The van der Waals surface area contributed by atoms with Crippen LogP contribution in [0.5, 0.6) is 5.88 Å². The minimum absolute atomic E-state index is 0.195. The fourth-order valence-electron chi connectivity index (χ4n) is 1.81. The molecule has 0 atom stereocenters. The minimum Gasteiger partial charge on any atom is -0.476 e. The fraction of sp³-hybridized carbons (Fsp3) is 0.154. The molecule has 0 aliphatic heterocycles. The molecule has 3 heterocycles. The molecule has 0 aromatic carbocycles. The van der Waals surface area contributed by atoms with Crippen molar-refractivity contribution in [3.8, 4) is 17.1 Å². The predicted octanol–water partition coefficient (Wildman–Crippen LogP) is 2.73. The summed E-state index contributed by atoms with van der Waals surface area (Å²) in [5.74, 6) is 0.628. The van der Waals surface area contributed by atoms with Gasteiger partial charge in [-0.3, -0.25) is 0 Å². The molecule has 3 aromatic rings. The average molecular weight is 272 g/mol. The van der Waals surface area contributed by atoms with E-state index < -0.39 is 0 Å². The summed E-state index contributed by atoms with van der Waals surface area (Å²) in [6.45, 7) is 2.41. The van der Waals surface area contributed by atoms with E-state index in [9.17, 15) is 0 Å². The van der Waals surface area contributed by atoms with Crippen LogP contribution in [0.2, 0.25) is 0 Å².